The number of benzene rings is 2. The zero-order valence-electron chi connectivity index (χ0n) is 17.2. The molecule has 4 rings (SSSR count). The van der Waals surface area contributed by atoms with E-state index in [0.717, 1.165) is 21.4 Å². The summed E-state index contributed by atoms with van der Waals surface area (Å²) in [5, 5.41) is 6.38. The van der Waals surface area contributed by atoms with Crippen molar-refractivity contribution >= 4 is 28.1 Å². The summed E-state index contributed by atoms with van der Waals surface area (Å²) in [6, 6.07) is 14.6. The van der Waals surface area contributed by atoms with Crippen LogP contribution in [-0.2, 0) is 7.05 Å². The second-order valence-electron chi connectivity index (χ2n) is 7.19. The Labute approximate surface area is 182 Å². The summed E-state index contributed by atoms with van der Waals surface area (Å²) >= 11 is 1.30. The first kappa shape index (κ1) is 20.6. The number of carbonyl (C=O) groups is 1. The second kappa shape index (κ2) is 8.23. The van der Waals surface area contributed by atoms with Crippen LogP contribution in [0, 0.1) is 19.7 Å². The third-order valence-electron chi connectivity index (χ3n) is 4.67. The van der Waals surface area contributed by atoms with Gasteiger partial charge in [0.25, 0.3) is 11.5 Å². The average molecular weight is 434 g/mol. The maximum atomic E-state index is 13.5. The van der Waals surface area contributed by atoms with E-state index < -0.39 is 5.91 Å². The number of thiazole rings is 1. The van der Waals surface area contributed by atoms with Crippen LogP contribution in [0.2, 0.25) is 0 Å². The third kappa shape index (κ3) is 4.29. The predicted molar refractivity (Wildman–Crippen MR) is 119 cm³/mol. The van der Waals surface area contributed by atoms with Gasteiger partial charge in [-0.25, -0.2) is 14.1 Å². The van der Waals surface area contributed by atoms with Gasteiger partial charge < -0.3 is 0 Å². The molecule has 0 radical (unpaired) electrons. The molecule has 2 aromatic heterocycles. The molecular formula is C23H19FN4O2S. The molecule has 0 fully saturated rings. The Morgan fingerprint density at radius 1 is 1.03 bits per heavy atom. The topological polar surface area (TPSA) is 68.1 Å². The van der Waals surface area contributed by atoms with E-state index in [1.165, 1.54) is 47.5 Å². The molecule has 2 heterocycles. The van der Waals surface area contributed by atoms with Crippen molar-refractivity contribution in [3.05, 3.63) is 93.0 Å². The van der Waals surface area contributed by atoms with Gasteiger partial charge in [0, 0.05) is 24.1 Å². The van der Waals surface area contributed by atoms with Crippen molar-refractivity contribution in [2.75, 3.05) is 4.90 Å². The molecule has 0 aliphatic carbocycles. The Bertz CT molecular complexity index is 1310. The SMILES string of the molecule is Cc1cc(C)cc(N(C(=O)c2ccc(=O)n(C)n2)c2nc(-c3ccc(F)cc3)cs2)c1. The van der Waals surface area contributed by atoms with Crippen LogP contribution in [0.5, 0.6) is 0 Å². The molecule has 8 heteroatoms. The van der Waals surface area contributed by atoms with Crippen molar-refractivity contribution in [2.24, 2.45) is 7.05 Å². The summed E-state index contributed by atoms with van der Waals surface area (Å²) in [4.78, 5) is 31.3. The first-order valence-electron chi connectivity index (χ1n) is 9.50. The minimum absolute atomic E-state index is 0.125. The van der Waals surface area contributed by atoms with Gasteiger partial charge in [-0.3, -0.25) is 14.5 Å². The Balaban J connectivity index is 1.82. The highest BCUT2D eigenvalue weighted by Crippen LogP contribution is 2.34. The van der Waals surface area contributed by atoms with E-state index in [4.69, 9.17) is 0 Å². The maximum Gasteiger partial charge on any atom is 0.285 e. The Kier molecular flexibility index (Phi) is 5.48. The van der Waals surface area contributed by atoms with Crippen LogP contribution in [0.15, 0.2) is 64.8 Å². The number of nitrogens with zero attached hydrogens (tertiary/aromatic N) is 4. The summed E-state index contributed by atoms with van der Waals surface area (Å²) in [5.41, 5.74) is 3.85. The van der Waals surface area contributed by atoms with Crippen LogP contribution >= 0.6 is 11.3 Å². The van der Waals surface area contributed by atoms with Crippen molar-refractivity contribution in [3.63, 3.8) is 0 Å². The molecule has 0 atom stereocenters. The minimum Gasteiger partial charge on any atom is -0.268 e. The summed E-state index contributed by atoms with van der Waals surface area (Å²) < 4.78 is 14.4. The second-order valence-corrected chi connectivity index (χ2v) is 8.03. The molecule has 0 N–H and O–H groups in total. The molecule has 0 bridgehead atoms. The van der Waals surface area contributed by atoms with Crippen LogP contribution < -0.4 is 10.5 Å². The monoisotopic (exact) mass is 434 g/mol. The first-order valence-corrected chi connectivity index (χ1v) is 10.4. The van der Waals surface area contributed by atoms with Crippen LogP contribution in [0.1, 0.15) is 21.6 Å². The molecule has 0 aliphatic rings. The van der Waals surface area contributed by atoms with Gasteiger partial charge in [0.1, 0.15) is 11.5 Å². The molecule has 156 valence electrons. The van der Waals surface area contributed by atoms with Crippen molar-refractivity contribution in [2.45, 2.75) is 13.8 Å². The largest absolute Gasteiger partial charge is 0.285 e. The quantitative estimate of drug-likeness (QED) is 0.469. The molecule has 31 heavy (non-hydrogen) atoms. The maximum absolute atomic E-state index is 13.5. The van der Waals surface area contributed by atoms with Crippen molar-refractivity contribution in [1.29, 1.82) is 0 Å². The molecule has 0 saturated carbocycles. The summed E-state index contributed by atoms with van der Waals surface area (Å²) in [6.07, 6.45) is 0. The van der Waals surface area contributed by atoms with Gasteiger partial charge in [0.05, 0.1) is 11.4 Å². The lowest BCUT2D eigenvalue weighted by atomic mass is 10.1. The number of halogens is 1. The number of anilines is 2. The van der Waals surface area contributed by atoms with E-state index in [1.807, 2.05) is 37.4 Å². The number of rotatable bonds is 4. The molecule has 1 amide bonds. The number of carbonyl (C=O) groups excluding carboxylic acids is 1. The van der Waals surface area contributed by atoms with E-state index in [2.05, 4.69) is 10.1 Å². The van der Waals surface area contributed by atoms with Gasteiger partial charge in [-0.15, -0.1) is 11.3 Å². The van der Waals surface area contributed by atoms with Gasteiger partial charge in [-0.1, -0.05) is 6.07 Å². The predicted octanol–water partition coefficient (Wildman–Crippen LogP) is 4.64. The molecule has 0 spiro atoms. The number of hydrogen-bond donors (Lipinski definition) is 0. The highest BCUT2D eigenvalue weighted by atomic mass is 32.1. The van der Waals surface area contributed by atoms with Gasteiger partial charge in [-0.05, 0) is 67.4 Å². The normalized spacial score (nSPS) is 10.8. The Morgan fingerprint density at radius 3 is 2.35 bits per heavy atom. The molecule has 6 nitrogen and oxygen atoms in total. The van der Waals surface area contributed by atoms with Gasteiger partial charge in [0.2, 0.25) is 0 Å². The van der Waals surface area contributed by atoms with E-state index in [1.54, 1.807) is 12.1 Å². The number of hydrogen-bond acceptors (Lipinski definition) is 5. The summed E-state index contributed by atoms with van der Waals surface area (Å²) in [7, 11) is 1.50. The van der Waals surface area contributed by atoms with E-state index in [9.17, 15) is 14.0 Å². The summed E-state index contributed by atoms with van der Waals surface area (Å²) in [5.74, 6) is -0.729. The molecule has 2 aromatic carbocycles. The molecule has 0 aliphatic heterocycles. The zero-order chi connectivity index (χ0) is 22.1. The Morgan fingerprint density at radius 2 is 1.71 bits per heavy atom. The van der Waals surface area contributed by atoms with Crippen LogP contribution in [0.3, 0.4) is 0 Å². The molecule has 0 unspecified atom stereocenters. The van der Waals surface area contributed by atoms with Crippen molar-refractivity contribution < 1.29 is 9.18 Å². The molecule has 0 saturated heterocycles. The fourth-order valence-electron chi connectivity index (χ4n) is 3.25. The highest BCUT2D eigenvalue weighted by molar-refractivity contribution is 7.14. The fourth-order valence-corrected chi connectivity index (χ4v) is 4.10. The summed E-state index contributed by atoms with van der Waals surface area (Å²) in [6.45, 7) is 3.91. The Hall–Kier alpha value is -3.65. The van der Waals surface area contributed by atoms with Crippen molar-refractivity contribution in [1.82, 2.24) is 14.8 Å². The lowest BCUT2D eigenvalue weighted by Gasteiger charge is -2.21. The van der Waals surface area contributed by atoms with E-state index in [0.29, 0.717) is 16.5 Å². The lowest BCUT2D eigenvalue weighted by molar-refractivity contribution is 0.0992. The van der Waals surface area contributed by atoms with Gasteiger partial charge >= 0.3 is 0 Å². The van der Waals surface area contributed by atoms with Crippen LogP contribution in [-0.4, -0.2) is 20.7 Å². The standard InChI is InChI=1S/C23H19FN4O2S/c1-14-10-15(2)12-18(11-14)28(22(30)19-8-9-21(29)27(3)26-19)23-25-20(13-31-23)16-4-6-17(24)7-5-16/h4-13H,1-3H3. The molecule has 4 aromatic rings. The smallest absolute Gasteiger partial charge is 0.268 e. The zero-order valence-corrected chi connectivity index (χ0v) is 18.0. The number of amides is 1. The third-order valence-corrected chi connectivity index (χ3v) is 5.50. The van der Waals surface area contributed by atoms with E-state index in [-0.39, 0.29) is 17.1 Å². The number of aromatic nitrogens is 3. The minimum atomic E-state index is -0.402. The average Bonchev–Trinajstić information content (AvgIpc) is 3.19. The van der Waals surface area contributed by atoms with Crippen molar-refractivity contribution in [3.8, 4) is 11.3 Å². The van der Waals surface area contributed by atoms with Gasteiger partial charge in [0.15, 0.2) is 5.13 Å². The van der Waals surface area contributed by atoms with E-state index >= 15 is 0 Å². The first-order chi connectivity index (χ1) is 14.8. The highest BCUT2D eigenvalue weighted by Gasteiger charge is 2.25. The number of aryl methyl sites for hydroxylation is 3. The fraction of sp³-hybridized carbons (Fsp3) is 0.130. The lowest BCUT2D eigenvalue weighted by Crippen LogP contribution is -2.30. The van der Waals surface area contributed by atoms with Crippen LogP contribution in [0.4, 0.5) is 15.2 Å². The van der Waals surface area contributed by atoms with Gasteiger partial charge in [-0.2, -0.15) is 5.10 Å². The van der Waals surface area contributed by atoms with Crippen LogP contribution in [0.25, 0.3) is 11.3 Å². The molecular weight excluding hydrogens is 415 g/mol.